The molecule has 3 N–H and O–H groups in total. The van der Waals surface area contributed by atoms with Crippen molar-refractivity contribution in [2.75, 3.05) is 31.9 Å². The first-order valence-electron chi connectivity index (χ1n) is 9.14. The summed E-state index contributed by atoms with van der Waals surface area (Å²) in [7, 11) is -3.68. The molecule has 0 atom stereocenters. The zero-order chi connectivity index (χ0) is 20.4. The third-order valence-electron chi connectivity index (χ3n) is 4.81. The van der Waals surface area contributed by atoms with Crippen LogP contribution in [0.4, 0.5) is 10.7 Å². The number of imidazole rings is 1. The zero-order valence-corrected chi connectivity index (χ0v) is 16.4. The molecule has 0 spiro atoms. The predicted octanol–water partition coefficient (Wildman–Crippen LogP) is 1.79. The van der Waals surface area contributed by atoms with Crippen LogP contribution in [0.5, 0.6) is 0 Å². The number of rotatable bonds is 4. The van der Waals surface area contributed by atoms with Gasteiger partial charge in [0.25, 0.3) is 0 Å². The van der Waals surface area contributed by atoms with E-state index in [1.807, 2.05) is 30.3 Å². The molecule has 1 fully saturated rings. The van der Waals surface area contributed by atoms with Gasteiger partial charge in [0.15, 0.2) is 5.95 Å². The molecule has 1 amide bonds. The van der Waals surface area contributed by atoms with Gasteiger partial charge in [-0.1, -0.05) is 30.3 Å². The van der Waals surface area contributed by atoms with Gasteiger partial charge >= 0.3 is 6.09 Å². The molecule has 0 aliphatic carbocycles. The Morgan fingerprint density at radius 1 is 1.10 bits per heavy atom. The second kappa shape index (κ2) is 7.72. The number of carbonyl (C=O) groups excluding carboxylic acids is 1. The Bertz CT molecular complexity index is 1120. The number of anilines is 1. The third kappa shape index (κ3) is 4.03. The maximum atomic E-state index is 13.0. The fourth-order valence-electron chi connectivity index (χ4n) is 3.24. The van der Waals surface area contributed by atoms with Gasteiger partial charge in [-0.3, -0.25) is 0 Å². The number of nitrogens with one attached hydrogen (secondary N) is 1. The lowest BCUT2D eigenvalue weighted by atomic mass is 10.2. The van der Waals surface area contributed by atoms with E-state index >= 15 is 0 Å². The van der Waals surface area contributed by atoms with Crippen LogP contribution in [-0.4, -0.2) is 59.9 Å². The summed E-state index contributed by atoms with van der Waals surface area (Å²) >= 11 is 0. The first-order chi connectivity index (χ1) is 13.9. The van der Waals surface area contributed by atoms with E-state index in [0.29, 0.717) is 11.0 Å². The van der Waals surface area contributed by atoms with Crippen LogP contribution in [0.15, 0.2) is 53.4 Å². The normalized spacial score (nSPS) is 15.5. The molecule has 0 saturated carbocycles. The molecular formula is C19H21N5O4S. The van der Waals surface area contributed by atoms with Crippen molar-refractivity contribution >= 4 is 33.1 Å². The zero-order valence-electron chi connectivity index (χ0n) is 15.6. The van der Waals surface area contributed by atoms with Crippen molar-refractivity contribution in [1.82, 2.24) is 19.2 Å². The lowest BCUT2D eigenvalue weighted by Crippen LogP contribution is -2.50. The average Bonchev–Trinajstić information content (AvgIpc) is 3.12. The Hall–Kier alpha value is -3.11. The van der Waals surface area contributed by atoms with Gasteiger partial charge in [0.05, 0.1) is 15.9 Å². The van der Waals surface area contributed by atoms with Crippen molar-refractivity contribution in [1.29, 1.82) is 0 Å². The van der Waals surface area contributed by atoms with Gasteiger partial charge < -0.3 is 20.4 Å². The van der Waals surface area contributed by atoms with E-state index in [1.165, 1.54) is 21.3 Å². The highest BCUT2D eigenvalue weighted by Crippen LogP contribution is 2.22. The Morgan fingerprint density at radius 3 is 2.55 bits per heavy atom. The standard InChI is InChI=1S/C19H21N5O4S/c20-18-21-16-7-6-15(12-17(16)22-18)29(26,27)24-10-8-23(9-11-24)19(25)28-13-14-4-2-1-3-5-14/h1-7,12H,8-11,13H2,(H3,20,21,22). The molecule has 3 aromatic rings. The summed E-state index contributed by atoms with van der Waals surface area (Å²) in [4.78, 5) is 20.9. The van der Waals surface area contributed by atoms with E-state index in [1.54, 1.807) is 6.07 Å². The van der Waals surface area contributed by atoms with Crippen LogP contribution in [0.1, 0.15) is 5.56 Å². The van der Waals surface area contributed by atoms with Gasteiger partial charge in [-0.05, 0) is 23.8 Å². The number of ether oxygens (including phenoxy) is 1. The monoisotopic (exact) mass is 415 g/mol. The van der Waals surface area contributed by atoms with E-state index in [0.717, 1.165) is 5.56 Å². The highest BCUT2D eigenvalue weighted by atomic mass is 32.2. The van der Waals surface area contributed by atoms with Crippen molar-refractivity contribution in [2.45, 2.75) is 11.5 Å². The van der Waals surface area contributed by atoms with E-state index < -0.39 is 16.1 Å². The number of carbonyl (C=O) groups is 1. The molecule has 0 unspecified atom stereocenters. The van der Waals surface area contributed by atoms with Gasteiger partial charge in [-0.15, -0.1) is 0 Å². The average molecular weight is 415 g/mol. The number of H-pyrrole nitrogens is 1. The summed E-state index contributed by atoms with van der Waals surface area (Å²) in [6.45, 7) is 1.13. The summed E-state index contributed by atoms with van der Waals surface area (Å²) in [5.41, 5.74) is 7.69. The smallest absolute Gasteiger partial charge is 0.410 e. The molecule has 1 aliphatic rings. The Kier molecular flexibility index (Phi) is 5.12. The maximum absolute atomic E-state index is 13.0. The minimum atomic E-state index is -3.68. The van der Waals surface area contributed by atoms with Crippen molar-refractivity contribution < 1.29 is 17.9 Å². The molecule has 0 bridgehead atoms. The van der Waals surface area contributed by atoms with Gasteiger partial charge in [-0.25, -0.2) is 18.2 Å². The Morgan fingerprint density at radius 2 is 1.83 bits per heavy atom. The molecule has 9 nitrogen and oxygen atoms in total. The first-order valence-corrected chi connectivity index (χ1v) is 10.6. The molecule has 1 aliphatic heterocycles. The largest absolute Gasteiger partial charge is 0.445 e. The number of benzene rings is 2. The number of nitrogens with zero attached hydrogens (tertiary/aromatic N) is 3. The minimum absolute atomic E-state index is 0.161. The lowest BCUT2D eigenvalue weighted by molar-refractivity contribution is 0.0838. The Labute approximate surface area is 168 Å². The molecule has 1 aromatic heterocycles. The number of amides is 1. The molecule has 0 radical (unpaired) electrons. The maximum Gasteiger partial charge on any atom is 0.410 e. The van der Waals surface area contributed by atoms with Crippen molar-refractivity contribution in [2.24, 2.45) is 0 Å². The molecule has 4 rings (SSSR count). The van der Waals surface area contributed by atoms with Gasteiger partial charge in [-0.2, -0.15) is 4.31 Å². The number of hydrogen-bond acceptors (Lipinski definition) is 6. The Balaban J connectivity index is 1.38. The molecule has 29 heavy (non-hydrogen) atoms. The van der Waals surface area contributed by atoms with Gasteiger partial charge in [0.1, 0.15) is 6.61 Å². The number of aromatic amines is 1. The summed E-state index contributed by atoms with van der Waals surface area (Å²) in [6.07, 6.45) is -0.444. The number of nitrogens with two attached hydrogens (primary N) is 1. The number of sulfonamides is 1. The highest BCUT2D eigenvalue weighted by molar-refractivity contribution is 7.89. The first kappa shape index (κ1) is 19.2. The number of aromatic nitrogens is 2. The molecule has 2 aromatic carbocycles. The molecule has 10 heteroatoms. The number of hydrogen-bond donors (Lipinski definition) is 2. The van der Waals surface area contributed by atoms with Crippen LogP contribution in [0, 0.1) is 0 Å². The quantitative estimate of drug-likeness (QED) is 0.670. The van der Waals surface area contributed by atoms with Crippen LogP contribution < -0.4 is 5.73 Å². The number of fused-ring (bicyclic) bond motifs is 1. The summed E-state index contributed by atoms with van der Waals surface area (Å²) in [6, 6.07) is 14.1. The van der Waals surface area contributed by atoms with Crippen LogP contribution in [-0.2, 0) is 21.4 Å². The molecule has 1 saturated heterocycles. The van der Waals surface area contributed by atoms with E-state index in [4.69, 9.17) is 10.5 Å². The summed E-state index contributed by atoms with van der Waals surface area (Å²) < 4.78 is 32.6. The van der Waals surface area contributed by atoms with Crippen molar-refractivity contribution in [3.05, 3.63) is 54.1 Å². The molecule has 2 heterocycles. The third-order valence-corrected chi connectivity index (χ3v) is 6.71. The second-order valence-electron chi connectivity index (χ2n) is 6.73. The van der Waals surface area contributed by atoms with Gasteiger partial charge in [0, 0.05) is 26.2 Å². The topological polar surface area (TPSA) is 122 Å². The van der Waals surface area contributed by atoms with E-state index in [9.17, 15) is 13.2 Å². The SMILES string of the molecule is Nc1nc2ccc(S(=O)(=O)N3CCN(C(=O)OCc4ccccc4)CC3)cc2[nH]1. The summed E-state index contributed by atoms with van der Waals surface area (Å²) in [5.74, 6) is 0.233. The fourth-order valence-corrected chi connectivity index (χ4v) is 4.69. The van der Waals surface area contributed by atoms with Gasteiger partial charge in [0.2, 0.25) is 10.0 Å². The summed E-state index contributed by atoms with van der Waals surface area (Å²) in [5, 5.41) is 0. The van der Waals surface area contributed by atoms with Crippen LogP contribution in [0.3, 0.4) is 0 Å². The van der Waals surface area contributed by atoms with E-state index in [2.05, 4.69) is 9.97 Å². The van der Waals surface area contributed by atoms with Crippen molar-refractivity contribution in [3.63, 3.8) is 0 Å². The second-order valence-corrected chi connectivity index (χ2v) is 8.67. The van der Waals surface area contributed by atoms with Crippen LogP contribution in [0.2, 0.25) is 0 Å². The fraction of sp³-hybridized carbons (Fsp3) is 0.263. The van der Waals surface area contributed by atoms with Crippen LogP contribution >= 0.6 is 0 Å². The molecular weight excluding hydrogens is 394 g/mol. The lowest BCUT2D eigenvalue weighted by Gasteiger charge is -2.33. The van der Waals surface area contributed by atoms with Crippen LogP contribution in [0.25, 0.3) is 11.0 Å². The van der Waals surface area contributed by atoms with Crippen molar-refractivity contribution in [3.8, 4) is 0 Å². The highest BCUT2D eigenvalue weighted by Gasteiger charge is 2.31. The number of nitrogen functional groups attached to an aromatic ring is 1. The minimum Gasteiger partial charge on any atom is -0.445 e. The van der Waals surface area contributed by atoms with E-state index in [-0.39, 0.29) is 43.6 Å². The predicted molar refractivity (Wildman–Crippen MR) is 107 cm³/mol. The number of piperazine rings is 1. The molecule has 152 valence electrons.